The molecule has 0 aliphatic heterocycles. The summed E-state index contributed by atoms with van der Waals surface area (Å²) in [4.78, 5) is 16.6. The average molecular weight is 493 g/mol. The number of ether oxygens (including phenoxy) is 2. The molecule has 0 unspecified atom stereocenters. The van der Waals surface area contributed by atoms with E-state index in [1.165, 1.54) is 0 Å². The first-order chi connectivity index (χ1) is 15.6. The molecule has 0 aliphatic carbocycles. The highest BCUT2D eigenvalue weighted by molar-refractivity contribution is 9.10. The van der Waals surface area contributed by atoms with Gasteiger partial charge in [0.2, 0.25) is 0 Å². The summed E-state index contributed by atoms with van der Waals surface area (Å²) in [6.45, 7) is 0. The number of urea groups is 1. The standard InChI is InChI=1S/C24H21BrN4O3/c1-31-22-13-19-20(11-12-26-21(19)14-23(22)32-2)27-16-7-9-18(10-8-16)29-24(30)28-17-5-3-15(25)4-6-17/h3-14H,1-2H3,(H,26,27)(H2,28,29,30). The zero-order valence-electron chi connectivity index (χ0n) is 17.5. The summed E-state index contributed by atoms with van der Waals surface area (Å²) in [6, 6.07) is 20.1. The van der Waals surface area contributed by atoms with Crippen LogP contribution in [0.5, 0.6) is 11.5 Å². The van der Waals surface area contributed by atoms with E-state index in [1.54, 1.807) is 20.4 Å². The van der Waals surface area contributed by atoms with Crippen molar-refractivity contribution in [1.82, 2.24) is 4.98 Å². The van der Waals surface area contributed by atoms with E-state index >= 15 is 0 Å². The van der Waals surface area contributed by atoms with Gasteiger partial charge in [-0.1, -0.05) is 15.9 Å². The second-order valence-electron chi connectivity index (χ2n) is 6.87. The van der Waals surface area contributed by atoms with Gasteiger partial charge < -0.3 is 25.4 Å². The van der Waals surface area contributed by atoms with Gasteiger partial charge in [0.05, 0.1) is 19.7 Å². The molecule has 0 saturated heterocycles. The first kappa shape index (κ1) is 21.5. The van der Waals surface area contributed by atoms with E-state index in [1.807, 2.05) is 66.7 Å². The van der Waals surface area contributed by atoms with Crippen LogP contribution in [0.3, 0.4) is 0 Å². The van der Waals surface area contributed by atoms with Gasteiger partial charge >= 0.3 is 6.03 Å². The number of halogens is 1. The summed E-state index contributed by atoms with van der Waals surface area (Å²) >= 11 is 3.37. The highest BCUT2D eigenvalue weighted by Gasteiger charge is 2.10. The molecule has 1 aromatic heterocycles. The van der Waals surface area contributed by atoms with Crippen molar-refractivity contribution in [2.75, 3.05) is 30.2 Å². The summed E-state index contributed by atoms with van der Waals surface area (Å²) in [5.74, 6) is 1.26. The topological polar surface area (TPSA) is 84.5 Å². The zero-order chi connectivity index (χ0) is 22.5. The highest BCUT2D eigenvalue weighted by Crippen LogP contribution is 2.35. The quantitative estimate of drug-likeness (QED) is 0.289. The van der Waals surface area contributed by atoms with Crippen LogP contribution in [0.25, 0.3) is 10.9 Å². The fourth-order valence-corrected chi connectivity index (χ4v) is 3.47. The summed E-state index contributed by atoms with van der Waals surface area (Å²) < 4.78 is 11.7. The number of carbonyl (C=O) groups excluding carboxylic acids is 1. The Bertz CT molecular complexity index is 1240. The molecule has 0 aliphatic rings. The van der Waals surface area contributed by atoms with Crippen LogP contribution in [0, 0.1) is 0 Å². The van der Waals surface area contributed by atoms with Gasteiger partial charge in [-0.2, -0.15) is 0 Å². The molecular formula is C24H21BrN4O3. The van der Waals surface area contributed by atoms with E-state index in [0.717, 1.165) is 26.8 Å². The van der Waals surface area contributed by atoms with Crippen molar-refractivity contribution < 1.29 is 14.3 Å². The van der Waals surface area contributed by atoms with E-state index in [9.17, 15) is 4.79 Å². The lowest BCUT2D eigenvalue weighted by Crippen LogP contribution is -2.19. The number of aromatic nitrogens is 1. The Morgan fingerprint density at radius 2 is 1.38 bits per heavy atom. The molecule has 3 N–H and O–H groups in total. The summed E-state index contributed by atoms with van der Waals surface area (Å²) in [5.41, 5.74) is 3.92. The maximum Gasteiger partial charge on any atom is 0.323 e. The number of hydrogen-bond acceptors (Lipinski definition) is 5. The highest BCUT2D eigenvalue weighted by atomic mass is 79.9. The molecule has 0 atom stereocenters. The van der Waals surface area contributed by atoms with Gasteiger partial charge in [0, 0.05) is 44.9 Å². The molecule has 0 spiro atoms. The van der Waals surface area contributed by atoms with Gasteiger partial charge in [0.25, 0.3) is 0 Å². The Morgan fingerprint density at radius 1 is 0.812 bits per heavy atom. The van der Waals surface area contributed by atoms with Crippen molar-refractivity contribution in [2.24, 2.45) is 0 Å². The Balaban J connectivity index is 1.47. The number of anilines is 4. The zero-order valence-corrected chi connectivity index (χ0v) is 19.1. The van der Waals surface area contributed by atoms with Crippen molar-refractivity contribution in [3.63, 3.8) is 0 Å². The molecule has 8 heteroatoms. The maximum atomic E-state index is 12.2. The Hall–Kier alpha value is -3.78. The lowest BCUT2D eigenvalue weighted by molar-refractivity contribution is 0.262. The van der Waals surface area contributed by atoms with E-state index in [4.69, 9.17) is 9.47 Å². The van der Waals surface area contributed by atoms with E-state index in [2.05, 4.69) is 36.9 Å². The largest absolute Gasteiger partial charge is 0.493 e. The van der Waals surface area contributed by atoms with Gasteiger partial charge in [-0.3, -0.25) is 4.98 Å². The Labute approximate surface area is 193 Å². The number of pyridine rings is 1. The van der Waals surface area contributed by atoms with Gasteiger partial charge in [0.1, 0.15) is 0 Å². The molecule has 4 aromatic rings. The fourth-order valence-electron chi connectivity index (χ4n) is 3.20. The summed E-state index contributed by atoms with van der Waals surface area (Å²) in [7, 11) is 3.20. The minimum Gasteiger partial charge on any atom is -0.493 e. The smallest absolute Gasteiger partial charge is 0.323 e. The second kappa shape index (κ2) is 9.57. The number of carbonyl (C=O) groups is 1. The summed E-state index contributed by atoms with van der Waals surface area (Å²) in [6.07, 6.45) is 1.74. The predicted octanol–water partition coefficient (Wildman–Crippen LogP) is 6.40. The number of amides is 2. The molecule has 7 nitrogen and oxygen atoms in total. The molecule has 4 rings (SSSR count). The van der Waals surface area contributed by atoms with E-state index < -0.39 is 0 Å². The molecule has 32 heavy (non-hydrogen) atoms. The van der Waals surface area contributed by atoms with Crippen LogP contribution < -0.4 is 25.4 Å². The van der Waals surface area contributed by atoms with Gasteiger partial charge in [-0.25, -0.2) is 4.79 Å². The molecule has 2 amide bonds. The molecule has 0 bridgehead atoms. The van der Waals surface area contributed by atoms with Crippen molar-refractivity contribution >= 4 is 55.6 Å². The number of fused-ring (bicyclic) bond motifs is 1. The first-order valence-corrected chi connectivity index (χ1v) is 10.6. The third kappa shape index (κ3) is 4.92. The van der Waals surface area contributed by atoms with Crippen molar-refractivity contribution in [3.05, 3.63) is 77.4 Å². The molecule has 3 aromatic carbocycles. The summed E-state index contributed by atoms with van der Waals surface area (Å²) in [5, 5.41) is 9.92. The third-order valence-corrected chi connectivity index (χ3v) is 5.30. The lowest BCUT2D eigenvalue weighted by Gasteiger charge is -2.13. The lowest BCUT2D eigenvalue weighted by atomic mass is 10.1. The SMILES string of the molecule is COc1cc2nccc(Nc3ccc(NC(=O)Nc4ccc(Br)cc4)cc3)c2cc1OC. The molecule has 1 heterocycles. The molecule has 0 fully saturated rings. The monoisotopic (exact) mass is 492 g/mol. The second-order valence-corrected chi connectivity index (χ2v) is 7.79. The first-order valence-electron chi connectivity index (χ1n) is 9.77. The number of nitrogens with one attached hydrogen (secondary N) is 3. The van der Waals surface area contributed by atoms with Crippen LogP contribution in [0.2, 0.25) is 0 Å². The fraction of sp³-hybridized carbons (Fsp3) is 0.0833. The molecule has 0 saturated carbocycles. The van der Waals surface area contributed by atoms with Crippen molar-refractivity contribution in [3.8, 4) is 11.5 Å². The minimum atomic E-state index is -0.311. The molecule has 0 radical (unpaired) electrons. The third-order valence-electron chi connectivity index (χ3n) is 4.77. The van der Waals surface area contributed by atoms with Crippen LogP contribution in [0.4, 0.5) is 27.5 Å². The number of benzene rings is 3. The van der Waals surface area contributed by atoms with Crippen LogP contribution in [0.15, 0.2) is 77.4 Å². The maximum absolute atomic E-state index is 12.2. The number of methoxy groups -OCH3 is 2. The van der Waals surface area contributed by atoms with Gasteiger partial charge in [-0.05, 0) is 60.7 Å². The van der Waals surface area contributed by atoms with Gasteiger partial charge in [0.15, 0.2) is 11.5 Å². The normalized spacial score (nSPS) is 10.5. The average Bonchev–Trinajstić information content (AvgIpc) is 2.81. The Kier molecular flexibility index (Phi) is 6.42. The number of hydrogen-bond donors (Lipinski definition) is 3. The van der Waals surface area contributed by atoms with Crippen LogP contribution >= 0.6 is 15.9 Å². The number of nitrogens with zero attached hydrogens (tertiary/aromatic N) is 1. The predicted molar refractivity (Wildman–Crippen MR) is 131 cm³/mol. The van der Waals surface area contributed by atoms with E-state index in [0.29, 0.717) is 22.9 Å². The molecular weight excluding hydrogens is 472 g/mol. The van der Waals surface area contributed by atoms with Crippen molar-refractivity contribution in [2.45, 2.75) is 0 Å². The van der Waals surface area contributed by atoms with Crippen LogP contribution in [0.1, 0.15) is 0 Å². The van der Waals surface area contributed by atoms with Crippen LogP contribution in [-0.4, -0.2) is 25.2 Å². The van der Waals surface area contributed by atoms with Gasteiger partial charge in [-0.15, -0.1) is 0 Å². The molecule has 162 valence electrons. The van der Waals surface area contributed by atoms with Crippen molar-refractivity contribution in [1.29, 1.82) is 0 Å². The Morgan fingerprint density at radius 3 is 2.00 bits per heavy atom. The van der Waals surface area contributed by atoms with Crippen LogP contribution in [-0.2, 0) is 0 Å². The number of rotatable bonds is 6. The minimum absolute atomic E-state index is 0.311. The van der Waals surface area contributed by atoms with E-state index in [-0.39, 0.29) is 6.03 Å².